The Labute approximate surface area is 125 Å². The van der Waals surface area contributed by atoms with Crippen LogP contribution in [-0.4, -0.2) is 13.1 Å². The van der Waals surface area contributed by atoms with Crippen molar-refractivity contribution in [3.05, 3.63) is 51.0 Å². The number of benzene rings is 1. The van der Waals surface area contributed by atoms with Crippen LogP contribution in [0.2, 0.25) is 0 Å². The van der Waals surface area contributed by atoms with Crippen molar-refractivity contribution in [1.29, 1.82) is 0 Å². The second-order valence-electron chi connectivity index (χ2n) is 4.11. The van der Waals surface area contributed by atoms with E-state index in [0.29, 0.717) is 17.9 Å². The Bertz CT molecular complexity index is 592. The van der Waals surface area contributed by atoms with E-state index >= 15 is 0 Å². The fourth-order valence-corrected chi connectivity index (χ4v) is 2.35. The van der Waals surface area contributed by atoms with Crippen molar-refractivity contribution < 1.29 is 13.9 Å². The zero-order valence-electron chi connectivity index (χ0n) is 10.7. The molecular formula is C14H14INO3. The lowest BCUT2D eigenvalue weighted by atomic mass is 10.2. The van der Waals surface area contributed by atoms with E-state index in [1.165, 1.54) is 22.5 Å². The molecule has 0 saturated carbocycles. The first-order valence-corrected chi connectivity index (χ1v) is 6.84. The van der Waals surface area contributed by atoms with Gasteiger partial charge in [-0.25, -0.2) is 4.79 Å². The lowest BCUT2D eigenvalue weighted by molar-refractivity contribution is 0.0600. The van der Waals surface area contributed by atoms with Gasteiger partial charge in [-0.3, -0.25) is 0 Å². The monoisotopic (exact) mass is 371 g/mol. The number of hydrogen-bond donors (Lipinski definition) is 1. The van der Waals surface area contributed by atoms with Crippen molar-refractivity contribution in [3.63, 3.8) is 0 Å². The van der Waals surface area contributed by atoms with Crippen molar-refractivity contribution in [2.45, 2.75) is 13.5 Å². The van der Waals surface area contributed by atoms with Gasteiger partial charge in [0.05, 0.1) is 19.2 Å². The van der Waals surface area contributed by atoms with Crippen LogP contribution in [0.4, 0.5) is 5.69 Å². The molecule has 0 fully saturated rings. The molecule has 2 rings (SSSR count). The average molecular weight is 371 g/mol. The van der Waals surface area contributed by atoms with Crippen LogP contribution in [0.5, 0.6) is 0 Å². The predicted octanol–water partition coefficient (Wildman–Crippen LogP) is 3.59. The standard InChI is InChI=1S/C14H14INO3/c1-9-5-11(15)3-4-13(9)16-7-12-6-10(8-19-12)14(17)18-2/h3-6,8,16H,7H2,1-2H3. The first-order valence-electron chi connectivity index (χ1n) is 5.76. The van der Waals surface area contributed by atoms with Gasteiger partial charge < -0.3 is 14.5 Å². The Kier molecular flexibility index (Phi) is 4.47. The molecule has 0 aliphatic heterocycles. The van der Waals surface area contributed by atoms with Crippen LogP contribution in [-0.2, 0) is 11.3 Å². The highest BCUT2D eigenvalue weighted by Gasteiger charge is 2.10. The van der Waals surface area contributed by atoms with Gasteiger partial charge in [0.25, 0.3) is 0 Å². The minimum absolute atomic E-state index is 0.388. The number of ether oxygens (including phenoxy) is 1. The zero-order valence-corrected chi connectivity index (χ0v) is 12.9. The van der Waals surface area contributed by atoms with E-state index in [2.05, 4.69) is 38.7 Å². The lowest BCUT2D eigenvalue weighted by Gasteiger charge is -2.08. The molecule has 2 aromatic rings. The second-order valence-corrected chi connectivity index (χ2v) is 5.35. The number of nitrogens with one attached hydrogen (secondary N) is 1. The average Bonchev–Trinajstić information content (AvgIpc) is 2.85. The number of carbonyl (C=O) groups excluding carboxylic acids is 1. The van der Waals surface area contributed by atoms with Gasteiger partial charge in [0, 0.05) is 9.26 Å². The minimum atomic E-state index is -0.388. The van der Waals surface area contributed by atoms with Crippen LogP contribution < -0.4 is 5.32 Å². The minimum Gasteiger partial charge on any atom is -0.467 e. The second kappa shape index (κ2) is 6.10. The van der Waals surface area contributed by atoms with E-state index in [9.17, 15) is 4.79 Å². The predicted molar refractivity (Wildman–Crippen MR) is 81.3 cm³/mol. The van der Waals surface area contributed by atoms with Crippen LogP contribution in [0.25, 0.3) is 0 Å². The van der Waals surface area contributed by atoms with Crippen molar-refractivity contribution >= 4 is 34.2 Å². The molecule has 4 nitrogen and oxygen atoms in total. The molecule has 0 aliphatic carbocycles. The molecular weight excluding hydrogens is 357 g/mol. The quantitative estimate of drug-likeness (QED) is 0.659. The molecule has 1 heterocycles. The summed E-state index contributed by atoms with van der Waals surface area (Å²) in [6.45, 7) is 2.57. The number of aryl methyl sites for hydroxylation is 1. The van der Waals surface area contributed by atoms with E-state index in [4.69, 9.17) is 4.42 Å². The summed E-state index contributed by atoms with van der Waals surface area (Å²) in [5, 5.41) is 3.28. The Hall–Kier alpha value is -1.50. The number of carbonyl (C=O) groups is 1. The molecule has 0 amide bonds. The molecule has 0 aliphatic rings. The maximum absolute atomic E-state index is 11.3. The summed E-state index contributed by atoms with van der Waals surface area (Å²) in [6, 6.07) is 7.85. The number of methoxy groups -OCH3 is 1. The summed E-state index contributed by atoms with van der Waals surface area (Å²) in [5.74, 6) is 0.304. The zero-order chi connectivity index (χ0) is 13.8. The van der Waals surface area contributed by atoms with E-state index < -0.39 is 0 Å². The fourth-order valence-electron chi connectivity index (χ4n) is 1.71. The van der Waals surface area contributed by atoms with Gasteiger partial charge in [-0.2, -0.15) is 0 Å². The smallest absolute Gasteiger partial charge is 0.341 e. The molecule has 0 atom stereocenters. The van der Waals surface area contributed by atoms with Gasteiger partial charge in [0.2, 0.25) is 0 Å². The largest absolute Gasteiger partial charge is 0.467 e. The molecule has 0 bridgehead atoms. The molecule has 1 aromatic heterocycles. The third kappa shape index (κ3) is 3.50. The molecule has 1 N–H and O–H groups in total. The number of anilines is 1. The molecule has 0 unspecified atom stereocenters. The van der Waals surface area contributed by atoms with Gasteiger partial charge in [-0.05, 0) is 59.3 Å². The first kappa shape index (κ1) is 13.9. The van der Waals surface area contributed by atoms with Crippen molar-refractivity contribution in [3.8, 4) is 0 Å². The van der Waals surface area contributed by atoms with Crippen LogP contribution >= 0.6 is 22.6 Å². The Morgan fingerprint density at radius 1 is 1.42 bits per heavy atom. The highest BCUT2D eigenvalue weighted by molar-refractivity contribution is 14.1. The van der Waals surface area contributed by atoms with E-state index in [1.807, 2.05) is 19.1 Å². The van der Waals surface area contributed by atoms with E-state index in [0.717, 1.165) is 5.69 Å². The van der Waals surface area contributed by atoms with Gasteiger partial charge >= 0.3 is 5.97 Å². The summed E-state index contributed by atoms with van der Waals surface area (Å²) in [7, 11) is 1.35. The Morgan fingerprint density at radius 2 is 2.21 bits per heavy atom. The Balaban J connectivity index is 2.02. The molecule has 100 valence electrons. The third-order valence-corrected chi connectivity index (χ3v) is 3.39. The van der Waals surface area contributed by atoms with Crippen molar-refractivity contribution in [2.75, 3.05) is 12.4 Å². The highest BCUT2D eigenvalue weighted by atomic mass is 127. The molecule has 5 heteroatoms. The maximum atomic E-state index is 11.3. The SMILES string of the molecule is COC(=O)c1coc(CNc2ccc(I)cc2C)c1. The van der Waals surface area contributed by atoms with Crippen LogP contribution in [0.3, 0.4) is 0 Å². The molecule has 19 heavy (non-hydrogen) atoms. The summed E-state index contributed by atoms with van der Waals surface area (Å²) in [6.07, 6.45) is 1.41. The highest BCUT2D eigenvalue weighted by Crippen LogP contribution is 2.19. The van der Waals surface area contributed by atoms with Gasteiger partial charge in [0.15, 0.2) is 0 Å². The number of esters is 1. The Morgan fingerprint density at radius 3 is 2.89 bits per heavy atom. The van der Waals surface area contributed by atoms with Crippen LogP contribution in [0.1, 0.15) is 21.7 Å². The van der Waals surface area contributed by atoms with Gasteiger partial charge in [0.1, 0.15) is 12.0 Å². The van der Waals surface area contributed by atoms with Crippen molar-refractivity contribution in [2.24, 2.45) is 0 Å². The van der Waals surface area contributed by atoms with Crippen molar-refractivity contribution in [1.82, 2.24) is 0 Å². The molecule has 1 aromatic carbocycles. The normalized spacial score (nSPS) is 10.3. The van der Waals surface area contributed by atoms with Gasteiger partial charge in [-0.15, -0.1) is 0 Å². The van der Waals surface area contributed by atoms with E-state index in [-0.39, 0.29) is 5.97 Å². The first-order chi connectivity index (χ1) is 9.10. The summed E-state index contributed by atoms with van der Waals surface area (Å²) >= 11 is 2.28. The molecule has 0 radical (unpaired) electrons. The fraction of sp³-hybridized carbons (Fsp3) is 0.214. The van der Waals surface area contributed by atoms with E-state index in [1.54, 1.807) is 6.07 Å². The molecule has 0 spiro atoms. The van der Waals surface area contributed by atoms with Crippen LogP contribution in [0.15, 0.2) is 34.9 Å². The van der Waals surface area contributed by atoms with Gasteiger partial charge in [-0.1, -0.05) is 0 Å². The summed E-state index contributed by atoms with van der Waals surface area (Å²) < 4.78 is 11.1. The lowest BCUT2D eigenvalue weighted by Crippen LogP contribution is -2.01. The topological polar surface area (TPSA) is 51.5 Å². The van der Waals surface area contributed by atoms with Crippen LogP contribution in [0, 0.1) is 10.5 Å². The number of halogens is 1. The molecule has 0 saturated heterocycles. The number of rotatable bonds is 4. The summed E-state index contributed by atoms with van der Waals surface area (Å²) in [4.78, 5) is 11.3. The maximum Gasteiger partial charge on any atom is 0.341 e. The third-order valence-electron chi connectivity index (χ3n) is 2.72. The summed E-state index contributed by atoms with van der Waals surface area (Å²) in [5.41, 5.74) is 2.65. The number of furan rings is 1. The number of hydrogen-bond acceptors (Lipinski definition) is 4.